The summed E-state index contributed by atoms with van der Waals surface area (Å²) in [6.45, 7) is 4.02. The first kappa shape index (κ1) is 11.5. The van der Waals surface area contributed by atoms with Crippen LogP contribution >= 0.6 is 0 Å². The molecule has 0 N–H and O–H groups in total. The van der Waals surface area contributed by atoms with Crippen LogP contribution in [0.2, 0.25) is 0 Å². The van der Waals surface area contributed by atoms with Crippen LogP contribution in [0.15, 0.2) is 10.6 Å². The summed E-state index contributed by atoms with van der Waals surface area (Å²) in [7, 11) is 2.15. The van der Waals surface area contributed by atoms with E-state index in [0.29, 0.717) is 17.0 Å². The number of nitrogens with zero attached hydrogens (tertiary/aromatic N) is 3. The third-order valence-corrected chi connectivity index (χ3v) is 4.70. The summed E-state index contributed by atoms with van der Waals surface area (Å²) in [6.07, 6.45) is 3.55. The van der Waals surface area contributed by atoms with Gasteiger partial charge in [0.1, 0.15) is 5.76 Å². The normalized spacial score (nSPS) is 25.8. The molecule has 0 radical (unpaired) electrons. The van der Waals surface area contributed by atoms with Gasteiger partial charge in [0.25, 0.3) is 5.91 Å². The van der Waals surface area contributed by atoms with Gasteiger partial charge < -0.3 is 14.3 Å². The molecule has 1 aromatic heterocycles. The molecule has 0 unspecified atom stereocenters. The first-order valence-electron chi connectivity index (χ1n) is 7.10. The summed E-state index contributed by atoms with van der Waals surface area (Å²) >= 11 is 0. The minimum Gasteiger partial charge on any atom is -0.360 e. The van der Waals surface area contributed by atoms with E-state index < -0.39 is 0 Å². The van der Waals surface area contributed by atoms with Gasteiger partial charge in [-0.25, -0.2) is 0 Å². The number of hydrogen-bond acceptors (Lipinski definition) is 4. The molecule has 0 atom stereocenters. The molecule has 3 fully saturated rings. The van der Waals surface area contributed by atoms with Crippen LogP contribution in [0, 0.1) is 5.41 Å². The van der Waals surface area contributed by atoms with Crippen molar-refractivity contribution in [2.24, 2.45) is 5.41 Å². The van der Waals surface area contributed by atoms with E-state index in [1.165, 1.54) is 19.3 Å². The highest BCUT2D eigenvalue weighted by Gasteiger charge is 2.49. The second-order valence-corrected chi connectivity index (χ2v) is 6.54. The van der Waals surface area contributed by atoms with Gasteiger partial charge in [0.05, 0.1) is 0 Å². The Labute approximate surface area is 112 Å². The van der Waals surface area contributed by atoms with Crippen LogP contribution in [-0.4, -0.2) is 54.1 Å². The maximum Gasteiger partial charge on any atom is 0.276 e. The van der Waals surface area contributed by atoms with Crippen molar-refractivity contribution >= 4 is 5.91 Å². The minimum atomic E-state index is 0.0378. The Morgan fingerprint density at radius 2 is 2.21 bits per heavy atom. The lowest BCUT2D eigenvalue weighted by Crippen LogP contribution is -2.59. The summed E-state index contributed by atoms with van der Waals surface area (Å²) in [5.41, 5.74) is 0.844. The first-order chi connectivity index (χ1) is 9.15. The molecular weight excluding hydrogens is 242 g/mol. The molecule has 0 bridgehead atoms. The van der Waals surface area contributed by atoms with Crippen molar-refractivity contribution in [1.29, 1.82) is 0 Å². The van der Waals surface area contributed by atoms with E-state index in [2.05, 4.69) is 17.1 Å². The summed E-state index contributed by atoms with van der Waals surface area (Å²) < 4.78 is 5.26. The number of likely N-dealkylation sites (tertiary alicyclic amines) is 2. The van der Waals surface area contributed by atoms with Gasteiger partial charge in [0.2, 0.25) is 0 Å². The van der Waals surface area contributed by atoms with Crippen molar-refractivity contribution in [3.63, 3.8) is 0 Å². The molecule has 1 spiro atoms. The van der Waals surface area contributed by atoms with E-state index in [-0.39, 0.29) is 5.91 Å². The lowest BCUT2D eigenvalue weighted by molar-refractivity contribution is 0.0110. The molecule has 2 saturated heterocycles. The van der Waals surface area contributed by atoms with Crippen LogP contribution in [-0.2, 0) is 0 Å². The van der Waals surface area contributed by atoms with Crippen LogP contribution in [0.3, 0.4) is 0 Å². The average molecular weight is 261 g/mol. The monoisotopic (exact) mass is 261 g/mol. The van der Waals surface area contributed by atoms with Crippen LogP contribution < -0.4 is 0 Å². The smallest absolute Gasteiger partial charge is 0.276 e. The van der Waals surface area contributed by atoms with Gasteiger partial charge in [-0.2, -0.15) is 0 Å². The number of amides is 1. The molecule has 102 valence electrons. The second kappa shape index (κ2) is 3.82. The molecular formula is C14H19N3O2. The quantitative estimate of drug-likeness (QED) is 0.806. The van der Waals surface area contributed by atoms with E-state index in [4.69, 9.17) is 4.52 Å². The fourth-order valence-corrected chi connectivity index (χ4v) is 3.44. The van der Waals surface area contributed by atoms with E-state index in [1.807, 2.05) is 11.0 Å². The molecule has 1 amide bonds. The van der Waals surface area contributed by atoms with Crippen LogP contribution in [0.4, 0.5) is 0 Å². The number of carbonyl (C=O) groups is 1. The highest BCUT2D eigenvalue weighted by atomic mass is 16.5. The number of rotatable bonds is 2. The van der Waals surface area contributed by atoms with E-state index in [0.717, 1.165) is 31.9 Å². The van der Waals surface area contributed by atoms with Gasteiger partial charge >= 0.3 is 0 Å². The molecule has 3 heterocycles. The molecule has 19 heavy (non-hydrogen) atoms. The maximum atomic E-state index is 12.3. The molecule has 1 aromatic rings. The average Bonchev–Trinajstić information content (AvgIpc) is 2.95. The molecule has 2 aliphatic heterocycles. The van der Waals surface area contributed by atoms with Gasteiger partial charge in [0.15, 0.2) is 5.69 Å². The summed E-state index contributed by atoms with van der Waals surface area (Å²) in [6, 6.07) is 1.84. The van der Waals surface area contributed by atoms with E-state index in [1.54, 1.807) is 0 Å². The van der Waals surface area contributed by atoms with Crippen molar-refractivity contribution in [2.75, 3.05) is 33.2 Å². The Hall–Kier alpha value is -1.36. The lowest BCUT2D eigenvalue weighted by Gasteiger charge is -2.47. The third kappa shape index (κ3) is 1.87. The summed E-state index contributed by atoms with van der Waals surface area (Å²) in [4.78, 5) is 16.6. The van der Waals surface area contributed by atoms with Crippen LogP contribution in [0.1, 0.15) is 41.4 Å². The van der Waals surface area contributed by atoms with Crippen LogP contribution in [0.5, 0.6) is 0 Å². The van der Waals surface area contributed by atoms with Crippen LogP contribution in [0.25, 0.3) is 0 Å². The van der Waals surface area contributed by atoms with Crippen molar-refractivity contribution < 1.29 is 9.32 Å². The molecule has 1 saturated carbocycles. The van der Waals surface area contributed by atoms with Gasteiger partial charge in [-0.15, -0.1) is 0 Å². The molecule has 5 nitrogen and oxygen atoms in total. The SMILES string of the molecule is CN1CCC2(C1)CN(C(=O)c1cc(C3CC3)on1)C2. The molecule has 5 heteroatoms. The van der Waals surface area contributed by atoms with Gasteiger partial charge in [0, 0.05) is 37.0 Å². The minimum absolute atomic E-state index is 0.0378. The number of aromatic nitrogens is 1. The standard InChI is InChI=1S/C14H19N3O2/c1-16-5-4-14(7-16)8-17(9-14)13(18)11-6-12(19-15-11)10-2-3-10/h6,10H,2-5,7-9H2,1H3. The fourth-order valence-electron chi connectivity index (χ4n) is 3.44. The van der Waals surface area contributed by atoms with E-state index in [9.17, 15) is 4.79 Å². The highest BCUT2D eigenvalue weighted by molar-refractivity contribution is 5.93. The van der Waals surface area contributed by atoms with Crippen molar-refractivity contribution in [2.45, 2.75) is 25.2 Å². The Kier molecular flexibility index (Phi) is 2.31. The van der Waals surface area contributed by atoms with Gasteiger partial charge in [-0.3, -0.25) is 4.79 Å². The molecule has 0 aromatic carbocycles. The predicted molar refractivity (Wildman–Crippen MR) is 68.9 cm³/mol. The van der Waals surface area contributed by atoms with E-state index >= 15 is 0 Å². The Bertz CT molecular complexity index is 515. The van der Waals surface area contributed by atoms with Gasteiger partial charge in [-0.1, -0.05) is 5.16 Å². The fraction of sp³-hybridized carbons (Fsp3) is 0.714. The topological polar surface area (TPSA) is 49.6 Å². The Morgan fingerprint density at radius 1 is 1.42 bits per heavy atom. The predicted octanol–water partition coefficient (Wildman–Crippen LogP) is 1.33. The van der Waals surface area contributed by atoms with Crippen molar-refractivity contribution in [3.05, 3.63) is 17.5 Å². The number of carbonyl (C=O) groups excluding carboxylic acids is 1. The Morgan fingerprint density at radius 3 is 2.84 bits per heavy atom. The summed E-state index contributed by atoms with van der Waals surface area (Å²) in [5, 5.41) is 3.93. The zero-order chi connectivity index (χ0) is 13.0. The Balaban J connectivity index is 1.41. The zero-order valence-electron chi connectivity index (χ0n) is 11.3. The first-order valence-corrected chi connectivity index (χ1v) is 7.10. The van der Waals surface area contributed by atoms with Crippen molar-refractivity contribution in [3.8, 4) is 0 Å². The number of hydrogen-bond donors (Lipinski definition) is 0. The third-order valence-electron chi connectivity index (χ3n) is 4.70. The molecule has 3 aliphatic rings. The van der Waals surface area contributed by atoms with Crippen molar-refractivity contribution in [1.82, 2.24) is 15.0 Å². The second-order valence-electron chi connectivity index (χ2n) is 6.54. The highest BCUT2D eigenvalue weighted by Crippen LogP contribution is 2.41. The lowest BCUT2D eigenvalue weighted by atomic mass is 9.79. The molecule has 1 aliphatic carbocycles. The largest absolute Gasteiger partial charge is 0.360 e. The van der Waals surface area contributed by atoms with Gasteiger partial charge in [-0.05, 0) is 32.9 Å². The molecule has 4 rings (SSSR count). The summed E-state index contributed by atoms with van der Waals surface area (Å²) in [5.74, 6) is 1.44. The maximum absolute atomic E-state index is 12.3. The zero-order valence-corrected chi connectivity index (χ0v) is 11.3.